The van der Waals surface area contributed by atoms with Gasteiger partial charge >= 0.3 is 12.0 Å². The van der Waals surface area contributed by atoms with Crippen molar-refractivity contribution in [1.29, 1.82) is 0 Å². The highest BCUT2D eigenvalue weighted by atomic mass is 16.4. The number of likely N-dealkylation sites (tertiary alicyclic amines) is 1. The number of hydrogen-bond acceptors (Lipinski definition) is 3. The molecule has 3 amide bonds. The topological polar surface area (TPSA) is 98.7 Å². The standard InChI is InChI=1S/C12H19N3O4/c1-12(10(17)18)2-4-15(5-3-12)11(19)14-8-6-9(16)13-7-8/h8H,2-7H2,1H3,(H,13,16)(H,14,19)(H,17,18). The lowest BCUT2D eigenvalue weighted by Gasteiger charge is -2.36. The van der Waals surface area contributed by atoms with Gasteiger partial charge in [-0.2, -0.15) is 0 Å². The van der Waals surface area contributed by atoms with Crippen molar-refractivity contribution in [3.8, 4) is 0 Å². The summed E-state index contributed by atoms with van der Waals surface area (Å²) in [4.78, 5) is 35.7. The predicted molar refractivity (Wildman–Crippen MR) is 66.5 cm³/mol. The van der Waals surface area contributed by atoms with Crippen LogP contribution in [-0.4, -0.2) is 53.6 Å². The smallest absolute Gasteiger partial charge is 0.317 e. The molecule has 2 fully saturated rings. The van der Waals surface area contributed by atoms with Gasteiger partial charge in [-0.05, 0) is 19.8 Å². The summed E-state index contributed by atoms with van der Waals surface area (Å²) in [5.41, 5.74) is -0.734. The predicted octanol–water partition coefficient (Wildman–Crippen LogP) is -0.229. The summed E-state index contributed by atoms with van der Waals surface area (Å²) < 4.78 is 0. The van der Waals surface area contributed by atoms with Crippen molar-refractivity contribution < 1.29 is 19.5 Å². The number of piperidine rings is 1. The second kappa shape index (κ2) is 5.07. The highest BCUT2D eigenvalue weighted by Gasteiger charge is 2.38. The largest absolute Gasteiger partial charge is 0.481 e. The van der Waals surface area contributed by atoms with E-state index in [1.807, 2.05) is 0 Å². The zero-order chi connectivity index (χ0) is 14.0. The minimum atomic E-state index is -0.807. The zero-order valence-electron chi connectivity index (χ0n) is 10.9. The van der Waals surface area contributed by atoms with Crippen LogP contribution in [0.4, 0.5) is 4.79 Å². The molecule has 0 aromatic carbocycles. The van der Waals surface area contributed by atoms with Crippen molar-refractivity contribution in [2.75, 3.05) is 19.6 Å². The summed E-state index contributed by atoms with van der Waals surface area (Å²) in [6.07, 6.45) is 1.22. The van der Waals surface area contributed by atoms with Crippen LogP contribution in [0.15, 0.2) is 0 Å². The molecule has 0 bridgehead atoms. The van der Waals surface area contributed by atoms with E-state index in [1.165, 1.54) is 0 Å². The average molecular weight is 269 g/mol. The molecule has 0 spiro atoms. The first-order chi connectivity index (χ1) is 8.90. The maximum absolute atomic E-state index is 12.0. The first kappa shape index (κ1) is 13.6. The Morgan fingerprint density at radius 3 is 2.53 bits per heavy atom. The number of carbonyl (C=O) groups excluding carboxylic acids is 2. The molecule has 2 aliphatic rings. The van der Waals surface area contributed by atoms with Crippen molar-refractivity contribution in [3.05, 3.63) is 0 Å². The molecule has 2 heterocycles. The SMILES string of the molecule is CC1(C(=O)O)CCN(C(=O)NC2CNC(=O)C2)CC1. The van der Waals surface area contributed by atoms with Gasteiger partial charge in [0.15, 0.2) is 0 Å². The van der Waals surface area contributed by atoms with Crippen LogP contribution in [-0.2, 0) is 9.59 Å². The normalized spacial score (nSPS) is 25.8. The van der Waals surface area contributed by atoms with E-state index in [0.29, 0.717) is 38.9 Å². The van der Waals surface area contributed by atoms with Gasteiger partial charge < -0.3 is 20.6 Å². The quantitative estimate of drug-likeness (QED) is 0.645. The summed E-state index contributed by atoms with van der Waals surface area (Å²) in [5, 5.41) is 14.6. The fraction of sp³-hybridized carbons (Fsp3) is 0.750. The van der Waals surface area contributed by atoms with Crippen LogP contribution in [0.2, 0.25) is 0 Å². The Morgan fingerprint density at radius 1 is 1.42 bits per heavy atom. The highest BCUT2D eigenvalue weighted by molar-refractivity contribution is 5.81. The third-order valence-electron chi connectivity index (χ3n) is 3.98. The zero-order valence-corrected chi connectivity index (χ0v) is 10.9. The number of urea groups is 1. The van der Waals surface area contributed by atoms with Gasteiger partial charge in [0.1, 0.15) is 0 Å². The maximum atomic E-state index is 12.0. The van der Waals surface area contributed by atoms with Gasteiger partial charge in [0.05, 0.1) is 11.5 Å². The Kier molecular flexibility index (Phi) is 3.64. The van der Waals surface area contributed by atoms with Crippen molar-refractivity contribution in [2.24, 2.45) is 5.41 Å². The van der Waals surface area contributed by atoms with Gasteiger partial charge in [-0.15, -0.1) is 0 Å². The third kappa shape index (κ3) is 2.97. The lowest BCUT2D eigenvalue weighted by molar-refractivity contribution is -0.150. The second-order valence-corrected chi connectivity index (χ2v) is 5.51. The summed E-state index contributed by atoms with van der Waals surface area (Å²) >= 11 is 0. The molecule has 1 atom stereocenters. The number of nitrogens with one attached hydrogen (secondary N) is 2. The van der Waals surface area contributed by atoms with Crippen LogP contribution in [0, 0.1) is 5.41 Å². The number of carboxylic acids is 1. The first-order valence-electron chi connectivity index (χ1n) is 6.46. The van der Waals surface area contributed by atoms with Crippen LogP contribution in [0.3, 0.4) is 0 Å². The molecule has 0 aromatic heterocycles. The monoisotopic (exact) mass is 269 g/mol. The Balaban J connectivity index is 1.82. The molecule has 106 valence electrons. The Bertz CT molecular complexity index is 402. The molecule has 19 heavy (non-hydrogen) atoms. The lowest BCUT2D eigenvalue weighted by atomic mass is 9.80. The molecule has 0 radical (unpaired) electrons. The van der Waals surface area contributed by atoms with Gasteiger partial charge in [0, 0.05) is 26.1 Å². The fourth-order valence-electron chi connectivity index (χ4n) is 2.39. The molecular formula is C12H19N3O4. The number of carboxylic acid groups (broad SMARTS) is 1. The number of rotatable bonds is 2. The van der Waals surface area contributed by atoms with Gasteiger partial charge in [0.2, 0.25) is 5.91 Å². The molecule has 0 saturated carbocycles. The van der Waals surface area contributed by atoms with Gasteiger partial charge in [-0.1, -0.05) is 0 Å². The summed E-state index contributed by atoms with van der Waals surface area (Å²) in [6, 6.07) is -0.373. The minimum Gasteiger partial charge on any atom is -0.481 e. The molecule has 2 aliphatic heterocycles. The number of amides is 3. The Morgan fingerprint density at radius 2 is 2.05 bits per heavy atom. The van der Waals surface area contributed by atoms with E-state index >= 15 is 0 Å². The van der Waals surface area contributed by atoms with E-state index < -0.39 is 11.4 Å². The number of aliphatic carboxylic acids is 1. The number of nitrogens with zero attached hydrogens (tertiary/aromatic N) is 1. The van der Waals surface area contributed by atoms with Gasteiger partial charge in [-0.25, -0.2) is 4.79 Å². The average Bonchev–Trinajstić information content (AvgIpc) is 2.75. The lowest BCUT2D eigenvalue weighted by Crippen LogP contribution is -2.51. The van der Waals surface area contributed by atoms with E-state index in [-0.39, 0.29) is 18.0 Å². The maximum Gasteiger partial charge on any atom is 0.317 e. The van der Waals surface area contributed by atoms with Crippen LogP contribution >= 0.6 is 0 Å². The van der Waals surface area contributed by atoms with Crippen molar-refractivity contribution in [3.63, 3.8) is 0 Å². The van der Waals surface area contributed by atoms with E-state index in [0.717, 1.165) is 0 Å². The molecule has 0 aliphatic carbocycles. The third-order valence-corrected chi connectivity index (χ3v) is 3.98. The molecule has 1 unspecified atom stereocenters. The fourth-order valence-corrected chi connectivity index (χ4v) is 2.39. The Labute approximate surface area is 111 Å². The molecule has 7 nitrogen and oxygen atoms in total. The van der Waals surface area contributed by atoms with Crippen LogP contribution < -0.4 is 10.6 Å². The molecule has 7 heteroatoms. The molecule has 2 rings (SSSR count). The van der Waals surface area contributed by atoms with Crippen LogP contribution in [0.1, 0.15) is 26.2 Å². The van der Waals surface area contributed by atoms with Crippen LogP contribution in [0.25, 0.3) is 0 Å². The number of carbonyl (C=O) groups is 3. The van der Waals surface area contributed by atoms with E-state index in [2.05, 4.69) is 10.6 Å². The Hall–Kier alpha value is -1.79. The molecule has 2 saturated heterocycles. The van der Waals surface area contributed by atoms with Gasteiger partial charge in [-0.3, -0.25) is 9.59 Å². The summed E-state index contributed by atoms with van der Waals surface area (Å²) in [5.74, 6) is -0.861. The number of hydrogen-bond donors (Lipinski definition) is 3. The van der Waals surface area contributed by atoms with Gasteiger partial charge in [0.25, 0.3) is 0 Å². The van der Waals surface area contributed by atoms with Crippen molar-refractivity contribution in [1.82, 2.24) is 15.5 Å². The molecule has 0 aromatic rings. The summed E-state index contributed by atoms with van der Waals surface area (Å²) in [7, 11) is 0. The van der Waals surface area contributed by atoms with Crippen LogP contribution in [0.5, 0.6) is 0 Å². The second-order valence-electron chi connectivity index (χ2n) is 5.51. The molecule has 3 N–H and O–H groups in total. The first-order valence-corrected chi connectivity index (χ1v) is 6.46. The van der Waals surface area contributed by atoms with Crippen molar-refractivity contribution >= 4 is 17.9 Å². The summed E-state index contributed by atoms with van der Waals surface area (Å²) in [6.45, 7) is 3.04. The minimum absolute atomic E-state index is 0.0533. The molecular weight excluding hydrogens is 250 g/mol. The van der Waals surface area contributed by atoms with E-state index in [4.69, 9.17) is 5.11 Å². The van der Waals surface area contributed by atoms with E-state index in [1.54, 1.807) is 11.8 Å². The highest BCUT2D eigenvalue weighted by Crippen LogP contribution is 2.30. The van der Waals surface area contributed by atoms with Crippen molar-refractivity contribution in [2.45, 2.75) is 32.2 Å². The van der Waals surface area contributed by atoms with E-state index in [9.17, 15) is 14.4 Å².